The quantitative estimate of drug-likeness (QED) is 0.253. The summed E-state index contributed by atoms with van der Waals surface area (Å²) < 4.78 is 1.96. The highest BCUT2D eigenvalue weighted by atomic mass is 32.2. The molecule has 164 valence electrons. The molecule has 0 aliphatic heterocycles. The zero-order chi connectivity index (χ0) is 22.7. The molecule has 8 heteroatoms. The van der Waals surface area contributed by atoms with E-state index >= 15 is 0 Å². The van der Waals surface area contributed by atoms with Crippen LogP contribution in [-0.4, -0.2) is 27.9 Å². The minimum absolute atomic E-state index is 0.334. The van der Waals surface area contributed by atoms with Gasteiger partial charge >= 0.3 is 6.03 Å². The molecule has 0 atom stereocenters. The predicted octanol–water partition coefficient (Wildman–Crippen LogP) is 4.65. The number of hydrogen-bond donors (Lipinski definition) is 2. The van der Waals surface area contributed by atoms with Gasteiger partial charge in [0.1, 0.15) is 0 Å². The molecule has 0 radical (unpaired) electrons. The van der Waals surface area contributed by atoms with E-state index in [4.69, 9.17) is 11.7 Å². The third kappa shape index (κ3) is 5.10. The van der Waals surface area contributed by atoms with E-state index in [-0.39, 0.29) is 0 Å². The van der Waals surface area contributed by atoms with Crippen LogP contribution in [0.2, 0.25) is 0 Å². The highest BCUT2D eigenvalue weighted by Crippen LogP contribution is 2.33. The van der Waals surface area contributed by atoms with Crippen LogP contribution in [-0.2, 0) is 5.75 Å². The van der Waals surface area contributed by atoms with Crippen molar-refractivity contribution in [1.82, 2.24) is 14.8 Å². The highest BCUT2D eigenvalue weighted by molar-refractivity contribution is 7.98. The van der Waals surface area contributed by atoms with Crippen LogP contribution in [0, 0.1) is 13.8 Å². The Kier molecular flexibility index (Phi) is 7.04. The lowest BCUT2D eigenvalue weighted by Crippen LogP contribution is -2.49. The average molecular weight is 439 g/mol. The van der Waals surface area contributed by atoms with Crippen molar-refractivity contribution in [3.05, 3.63) is 65.5 Å². The number of aromatic nitrogens is 2. The number of nitrogens with zero attached hydrogens (tertiary/aromatic N) is 4. The van der Waals surface area contributed by atoms with Gasteiger partial charge in [0, 0.05) is 35.5 Å². The van der Waals surface area contributed by atoms with E-state index in [2.05, 4.69) is 50.3 Å². The molecule has 2 aromatic carbocycles. The Morgan fingerprint density at radius 3 is 2.48 bits per heavy atom. The predicted molar refractivity (Wildman–Crippen MR) is 128 cm³/mol. The number of rotatable bonds is 6. The van der Waals surface area contributed by atoms with E-state index in [9.17, 15) is 4.79 Å². The Balaban J connectivity index is 1.81. The Hall–Kier alpha value is -2.81. The second-order valence-electron chi connectivity index (χ2n) is 7.91. The highest BCUT2D eigenvalue weighted by Gasteiger charge is 2.19. The number of aryl methyl sites for hydroxylation is 2. The van der Waals surface area contributed by atoms with Gasteiger partial charge in [-0.2, -0.15) is 5.10 Å². The number of amides is 2. The molecular weight excluding hydrogens is 408 g/mol. The summed E-state index contributed by atoms with van der Waals surface area (Å²) in [5, 5.41) is 6.52. The number of hydrazine groups is 2. The Morgan fingerprint density at radius 2 is 1.87 bits per heavy atom. The van der Waals surface area contributed by atoms with Crippen molar-refractivity contribution >= 4 is 23.5 Å². The van der Waals surface area contributed by atoms with E-state index in [1.807, 2.05) is 36.0 Å². The fourth-order valence-electron chi connectivity index (χ4n) is 3.28. The molecule has 1 aromatic heterocycles. The van der Waals surface area contributed by atoms with Crippen molar-refractivity contribution < 1.29 is 4.79 Å². The third-order valence-electron chi connectivity index (χ3n) is 5.16. The number of benzene rings is 2. The molecular formula is C23H30N6OS. The first-order valence-electron chi connectivity index (χ1n) is 10.1. The van der Waals surface area contributed by atoms with Gasteiger partial charge < -0.3 is 0 Å². The van der Waals surface area contributed by atoms with Crippen molar-refractivity contribution in [3.8, 4) is 11.1 Å². The largest absolute Gasteiger partial charge is 0.352 e. The third-order valence-corrected chi connectivity index (χ3v) is 6.37. The summed E-state index contributed by atoms with van der Waals surface area (Å²) >= 11 is 1.72. The number of urea groups is 1. The number of carbonyl (C=O) groups excluding carboxylic acids is 1. The molecule has 2 amide bonds. The minimum atomic E-state index is -0.473. The van der Waals surface area contributed by atoms with Crippen LogP contribution in [0.1, 0.15) is 36.6 Å². The minimum Gasteiger partial charge on any atom is -0.270 e. The van der Waals surface area contributed by atoms with Gasteiger partial charge in [-0.05, 0) is 62.1 Å². The van der Waals surface area contributed by atoms with Gasteiger partial charge in [-0.25, -0.2) is 21.5 Å². The van der Waals surface area contributed by atoms with Crippen LogP contribution in [0.15, 0.2) is 53.7 Å². The lowest BCUT2D eigenvalue weighted by atomic mass is 10.1. The van der Waals surface area contributed by atoms with Gasteiger partial charge in [-0.3, -0.25) is 9.69 Å². The van der Waals surface area contributed by atoms with Crippen molar-refractivity contribution in [2.75, 3.05) is 12.1 Å². The van der Waals surface area contributed by atoms with Crippen LogP contribution < -0.4 is 16.7 Å². The molecule has 0 unspecified atom stereocenters. The first-order chi connectivity index (χ1) is 14.7. The summed E-state index contributed by atoms with van der Waals surface area (Å²) in [7, 11) is 1.47. The second kappa shape index (κ2) is 9.55. The number of thioether (sulfide) groups is 1. The van der Waals surface area contributed by atoms with Crippen LogP contribution in [0.25, 0.3) is 11.1 Å². The fourth-order valence-corrected chi connectivity index (χ4v) is 4.41. The average Bonchev–Trinajstić information content (AvgIpc) is 3.23. The summed E-state index contributed by atoms with van der Waals surface area (Å²) in [4.78, 5) is 13.4. The maximum atomic E-state index is 12.2. The summed E-state index contributed by atoms with van der Waals surface area (Å²) in [5.41, 5.74) is 6.19. The van der Waals surface area contributed by atoms with E-state index in [1.54, 1.807) is 11.8 Å². The van der Waals surface area contributed by atoms with E-state index in [0.717, 1.165) is 32.3 Å². The first-order valence-corrected chi connectivity index (χ1v) is 11.1. The Bertz CT molecular complexity index is 1080. The molecule has 1 heterocycles. The lowest BCUT2D eigenvalue weighted by molar-refractivity contribution is 0.216. The molecule has 0 aliphatic rings. The summed E-state index contributed by atoms with van der Waals surface area (Å²) in [6.45, 7) is 8.36. The molecule has 3 rings (SSSR count). The van der Waals surface area contributed by atoms with Crippen LogP contribution in [0.5, 0.6) is 0 Å². The molecule has 7 nitrogen and oxygen atoms in total. The molecule has 0 bridgehead atoms. The molecule has 0 fully saturated rings. The lowest BCUT2D eigenvalue weighted by Gasteiger charge is -2.24. The number of hydrogen-bond acceptors (Lipinski definition) is 5. The molecule has 31 heavy (non-hydrogen) atoms. The summed E-state index contributed by atoms with van der Waals surface area (Å²) in [6.07, 6.45) is 3.98. The first kappa shape index (κ1) is 22.9. The SMILES string of the molecule is Cc1cc(-c2cnn(C(C)C)c2)ccc1SCc1c(C)cccc1N(N)C(=O)N(C)N. The van der Waals surface area contributed by atoms with E-state index < -0.39 is 6.03 Å². The Labute approximate surface area is 187 Å². The van der Waals surface area contributed by atoms with Crippen LogP contribution in [0.3, 0.4) is 0 Å². The summed E-state index contributed by atoms with van der Waals surface area (Å²) in [6, 6.07) is 12.1. The molecule has 0 saturated carbocycles. The van der Waals surface area contributed by atoms with Crippen LogP contribution in [0.4, 0.5) is 10.5 Å². The molecule has 0 saturated heterocycles. The maximum Gasteiger partial charge on any atom is 0.352 e. The monoisotopic (exact) mass is 438 g/mol. The Morgan fingerprint density at radius 1 is 1.13 bits per heavy atom. The zero-order valence-electron chi connectivity index (χ0n) is 18.7. The normalized spacial score (nSPS) is 11.1. The van der Waals surface area contributed by atoms with Crippen LogP contribution >= 0.6 is 11.8 Å². The van der Waals surface area contributed by atoms with Gasteiger partial charge in [0.2, 0.25) is 0 Å². The molecule has 0 aliphatic carbocycles. The number of anilines is 1. The zero-order valence-corrected chi connectivity index (χ0v) is 19.5. The van der Waals surface area contributed by atoms with Gasteiger partial charge in [0.25, 0.3) is 0 Å². The van der Waals surface area contributed by atoms with E-state index in [0.29, 0.717) is 17.5 Å². The maximum absolute atomic E-state index is 12.2. The van der Waals surface area contributed by atoms with Gasteiger partial charge in [0.05, 0.1) is 11.9 Å². The van der Waals surface area contributed by atoms with Crippen molar-refractivity contribution in [3.63, 3.8) is 0 Å². The molecule has 4 N–H and O–H groups in total. The topological polar surface area (TPSA) is 93.4 Å². The molecule has 0 spiro atoms. The summed E-state index contributed by atoms with van der Waals surface area (Å²) in [5.74, 6) is 12.3. The number of nitrogens with two attached hydrogens (primary N) is 2. The molecule has 3 aromatic rings. The smallest absolute Gasteiger partial charge is 0.270 e. The number of carbonyl (C=O) groups is 1. The van der Waals surface area contributed by atoms with E-state index in [1.165, 1.54) is 17.5 Å². The van der Waals surface area contributed by atoms with Crippen molar-refractivity contribution in [1.29, 1.82) is 0 Å². The standard InChI is InChI=1S/C23H30N6OS/c1-15(2)28-13-19(12-26-28)18-9-10-22(17(4)11-18)31-14-20-16(3)7-6-8-21(20)29(25)23(30)27(5)24/h6-13,15H,14,24-25H2,1-5H3. The van der Waals surface area contributed by atoms with Crippen molar-refractivity contribution in [2.24, 2.45) is 11.7 Å². The second-order valence-corrected chi connectivity index (χ2v) is 8.92. The van der Waals surface area contributed by atoms with Gasteiger partial charge in [-0.15, -0.1) is 11.8 Å². The van der Waals surface area contributed by atoms with Crippen molar-refractivity contribution in [2.45, 2.75) is 44.4 Å². The van der Waals surface area contributed by atoms with Gasteiger partial charge in [0.15, 0.2) is 0 Å². The fraction of sp³-hybridized carbons (Fsp3) is 0.304. The van der Waals surface area contributed by atoms with Gasteiger partial charge in [-0.1, -0.05) is 24.3 Å².